The van der Waals surface area contributed by atoms with Gasteiger partial charge >= 0.3 is 6.18 Å². The summed E-state index contributed by atoms with van der Waals surface area (Å²) in [6, 6.07) is -0.0272. The number of hydrogen-bond acceptors (Lipinski definition) is 5. The summed E-state index contributed by atoms with van der Waals surface area (Å²) in [6.45, 7) is -0.0322. The smallest absolute Gasteiger partial charge is 0.378 e. The third kappa shape index (κ3) is 4.07. The first-order valence-corrected chi connectivity index (χ1v) is 7.21. The summed E-state index contributed by atoms with van der Waals surface area (Å²) in [5.41, 5.74) is 0.717. The zero-order valence-corrected chi connectivity index (χ0v) is 12.3. The molecule has 20 heavy (non-hydrogen) atoms. The lowest BCUT2D eigenvalue weighted by atomic mass is 10.4. The normalized spacial score (nSPS) is 15.7. The van der Waals surface area contributed by atoms with Crippen LogP contribution in [0.25, 0.3) is 0 Å². The molecule has 114 valence electrons. The van der Waals surface area contributed by atoms with Gasteiger partial charge in [0.05, 0.1) is 12.3 Å². The Morgan fingerprint density at radius 3 is 2.65 bits per heavy atom. The summed E-state index contributed by atoms with van der Waals surface area (Å²) < 4.78 is 43.1. The number of thiazole rings is 1. The van der Waals surface area contributed by atoms with E-state index in [1.165, 1.54) is 16.2 Å². The summed E-state index contributed by atoms with van der Waals surface area (Å²) in [5, 5.41) is 3.45. The standard InChI is InChI=1S/C12H18F3N3OS/c1-16-5-10-9(6-19-2)17-11(20-10)18(8-3-4-8)7-12(13,14)15/h8,16H,3-7H2,1-2H3. The van der Waals surface area contributed by atoms with Crippen LogP contribution in [0, 0.1) is 0 Å². The Hall–Kier alpha value is -0.860. The van der Waals surface area contributed by atoms with Crippen molar-refractivity contribution in [2.75, 3.05) is 25.6 Å². The Labute approximate surface area is 119 Å². The minimum atomic E-state index is -4.21. The van der Waals surface area contributed by atoms with Gasteiger partial charge in [-0.15, -0.1) is 11.3 Å². The highest BCUT2D eigenvalue weighted by molar-refractivity contribution is 7.15. The number of anilines is 1. The van der Waals surface area contributed by atoms with Crippen molar-refractivity contribution in [2.24, 2.45) is 0 Å². The maximum absolute atomic E-state index is 12.7. The second kappa shape index (κ2) is 6.28. The van der Waals surface area contributed by atoms with E-state index in [-0.39, 0.29) is 6.04 Å². The van der Waals surface area contributed by atoms with Crippen molar-refractivity contribution in [2.45, 2.75) is 38.2 Å². The molecule has 0 atom stereocenters. The summed E-state index contributed by atoms with van der Waals surface area (Å²) in [5.74, 6) is 0. The molecule has 1 aromatic heterocycles. The summed E-state index contributed by atoms with van der Waals surface area (Å²) in [6.07, 6.45) is -2.61. The van der Waals surface area contributed by atoms with E-state index in [9.17, 15) is 13.2 Å². The average Bonchev–Trinajstić information content (AvgIpc) is 3.11. The van der Waals surface area contributed by atoms with Gasteiger partial charge in [-0.3, -0.25) is 0 Å². The molecule has 1 fully saturated rings. The maximum atomic E-state index is 12.7. The number of aromatic nitrogens is 1. The third-order valence-electron chi connectivity index (χ3n) is 2.97. The molecule has 4 nitrogen and oxygen atoms in total. The first-order valence-electron chi connectivity index (χ1n) is 6.40. The van der Waals surface area contributed by atoms with E-state index in [0.717, 1.165) is 23.4 Å². The molecule has 1 heterocycles. The van der Waals surface area contributed by atoms with Gasteiger partial charge in [-0.05, 0) is 19.9 Å². The molecule has 0 aliphatic heterocycles. The van der Waals surface area contributed by atoms with Crippen LogP contribution in [0.5, 0.6) is 0 Å². The van der Waals surface area contributed by atoms with E-state index in [4.69, 9.17) is 4.74 Å². The molecule has 0 aromatic carbocycles. The lowest BCUT2D eigenvalue weighted by Crippen LogP contribution is -2.35. The lowest BCUT2D eigenvalue weighted by molar-refractivity contribution is -0.120. The van der Waals surface area contributed by atoms with Crippen molar-refractivity contribution < 1.29 is 17.9 Å². The van der Waals surface area contributed by atoms with Crippen molar-refractivity contribution >= 4 is 16.5 Å². The molecule has 0 bridgehead atoms. The van der Waals surface area contributed by atoms with Gasteiger partial charge in [-0.2, -0.15) is 13.2 Å². The minimum absolute atomic E-state index is 0.0272. The molecule has 0 amide bonds. The molecule has 1 N–H and O–H groups in total. The van der Waals surface area contributed by atoms with Crippen molar-refractivity contribution in [3.8, 4) is 0 Å². The predicted octanol–water partition coefficient (Wildman–Crippen LogP) is 2.54. The van der Waals surface area contributed by atoms with Crippen LogP contribution in [0.3, 0.4) is 0 Å². The van der Waals surface area contributed by atoms with Gasteiger partial charge in [-0.25, -0.2) is 4.98 Å². The number of nitrogens with one attached hydrogen (secondary N) is 1. The number of hydrogen-bond donors (Lipinski definition) is 1. The van der Waals surface area contributed by atoms with E-state index < -0.39 is 12.7 Å². The molecule has 0 spiro atoms. The molecule has 0 saturated heterocycles. The molecule has 1 saturated carbocycles. The van der Waals surface area contributed by atoms with Crippen molar-refractivity contribution in [1.82, 2.24) is 10.3 Å². The molecule has 8 heteroatoms. The molecule has 0 radical (unpaired) electrons. The van der Waals surface area contributed by atoms with E-state index in [0.29, 0.717) is 18.3 Å². The van der Waals surface area contributed by atoms with E-state index >= 15 is 0 Å². The first-order chi connectivity index (χ1) is 9.44. The van der Waals surface area contributed by atoms with E-state index in [2.05, 4.69) is 10.3 Å². The third-order valence-corrected chi connectivity index (χ3v) is 4.10. The average molecular weight is 309 g/mol. The van der Waals surface area contributed by atoms with E-state index in [1.807, 2.05) is 0 Å². The quantitative estimate of drug-likeness (QED) is 0.840. The van der Waals surface area contributed by atoms with Crippen molar-refractivity contribution in [3.63, 3.8) is 0 Å². The zero-order valence-electron chi connectivity index (χ0n) is 11.5. The van der Waals surface area contributed by atoms with Crippen molar-refractivity contribution in [1.29, 1.82) is 0 Å². The van der Waals surface area contributed by atoms with Crippen LogP contribution in [0.2, 0.25) is 0 Å². The second-order valence-electron chi connectivity index (χ2n) is 4.80. The molecule has 0 unspecified atom stereocenters. The van der Waals surface area contributed by atoms with Gasteiger partial charge < -0.3 is 15.0 Å². The van der Waals surface area contributed by atoms with Crippen molar-refractivity contribution in [3.05, 3.63) is 10.6 Å². The molecule has 2 rings (SSSR count). The zero-order chi connectivity index (χ0) is 14.8. The Bertz CT molecular complexity index is 422. The highest BCUT2D eigenvalue weighted by Crippen LogP contribution is 2.37. The molecule has 1 aliphatic rings. The summed E-state index contributed by atoms with van der Waals surface area (Å²) in [7, 11) is 3.35. The Kier molecular flexibility index (Phi) is 4.87. The Balaban J connectivity index is 2.21. The van der Waals surface area contributed by atoms with Crippen LogP contribution in [0.15, 0.2) is 0 Å². The fourth-order valence-electron chi connectivity index (χ4n) is 1.97. The maximum Gasteiger partial charge on any atom is 0.406 e. The highest BCUT2D eigenvalue weighted by Gasteiger charge is 2.39. The number of nitrogens with zero attached hydrogens (tertiary/aromatic N) is 2. The Morgan fingerprint density at radius 2 is 2.15 bits per heavy atom. The molecular weight excluding hydrogens is 291 g/mol. The summed E-state index contributed by atoms with van der Waals surface area (Å²) >= 11 is 1.31. The number of halogens is 3. The fourth-order valence-corrected chi connectivity index (χ4v) is 3.12. The second-order valence-corrected chi connectivity index (χ2v) is 5.87. The van der Waals surface area contributed by atoms with Gasteiger partial charge in [-0.1, -0.05) is 0 Å². The lowest BCUT2D eigenvalue weighted by Gasteiger charge is -2.22. The van der Waals surface area contributed by atoms with Crippen LogP contribution in [-0.2, 0) is 17.9 Å². The predicted molar refractivity (Wildman–Crippen MR) is 72.0 cm³/mol. The summed E-state index contributed by atoms with van der Waals surface area (Å²) in [4.78, 5) is 6.65. The largest absolute Gasteiger partial charge is 0.406 e. The Morgan fingerprint density at radius 1 is 1.45 bits per heavy atom. The van der Waals surface area contributed by atoms with Crippen LogP contribution >= 0.6 is 11.3 Å². The van der Waals surface area contributed by atoms with Gasteiger partial charge in [0.2, 0.25) is 0 Å². The van der Waals surface area contributed by atoms with Gasteiger partial charge in [0.25, 0.3) is 0 Å². The minimum Gasteiger partial charge on any atom is -0.378 e. The van der Waals surface area contributed by atoms with Crippen LogP contribution in [-0.4, -0.2) is 37.9 Å². The number of alkyl halides is 3. The first kappa shape index (κ1) is 15.5. The van der Waals surface area contributed by atoms with Crippen LogP contribution < -0.4 is 10.2 Å². The molecular formula is C12H18F3N3OS. The van der Waals surface area contributed by atoms with E-state index in [1.54, 1.807) is 14.2 Å². The molecule has 1 aromatic rings. The van der Waals surface area contributed by atoms with Crippen LogP contribution in [0.4, 0.5) is 18.3 Å². The highest BCUT2D eigenvalue weighted by atomic mass is 32.1. The van der Waals surface area contributed by atoms with Gasteiger partial charge in [0, 0.05) is 24.6 Å². The monoisotopic (exact) mass is 309 g/mol. The number of rotatable bonds is 7. The van der Waals surface area contributed by atoms with Crippen LogP contribution in [0.1, 0.15) is 23.4 Å². The fraction of sp³-hybridized carbons (Fsp3) is 0.750. The topological polar surface area (TPSA) is 37.4 Å². The van der Waals surface area contributed by atoms with Gasteiger partial charge in [0.15, 0.2) is 5.13 Å². The SMILES string of the molecule is CNCc1sc(N(CC(F)(F)F)C2CC2)nc1COC. The molecule has 1 aliphatic carbocycles. The number of methoxy groups -OCH3 is 1. The van der Waals surface area contributed by atoms with Gasteiger partial charge in [0.1, 0.15) is 6.54 Å². The number of ether oxygens (including phenoxy) is 1.